The number of hydrogen-bond donors (Lipinski definition) is 3. The van der Waals surface area contributed by atoms with Gasteiger partial charge >= 0.3 is 0 Å². The first kappa shape index (κ1) is 19.4. The minimum atomic E-state index is -0.254. The molecule has 0 fully saturated rings. The van der Waals surface area contributed by atoms with Gasteiger partial charge in [-0.15, -0.1) is 23.7 Å². The Hall–Kier alpha value is -1.93. The third-order valence-corrected chi connectivity index (χ3v) is 4.94. The third-order valence-electron chi connectivity index (χ3n) is 3.70. The SMILES string of the molecule is Cl.NCCNC(=O)c1ccccc1NC(=O)c1cc2c(s1)CCOC2. The monoisotopic (exact) mass is 381 g/mol. The summed E-state index contributed by atoms with van der Waals surface area (Å²) >= 11 is 1.48. The molecule has 0 unspecified atom stereocenters. The molecule has 1 aromatic heterocycles. The van der Waals surface area contributed by atoms with Gasteiger partial charge in [-0.3, -0.25) is 9.59 Å². The maximum atomic E-state index is 12.5. The Morgan fingerprint density at radius 1 is 1.24 bits per heavy atom. The molecule has 3 rings (SSSR count). The van der Waals surface area contributed by atoms with E-state index >= 15 is 0 Å². The van der Waals surface area contributed by atoms with E-state index in [0.29, 0.717) is 42.4 Å². The molecule has 2 aromatic rings. The van der Waals surface area contributed by atoms with Crippen molar-refractivity contribution in [3.05, 3.63) is 51.2 Å². The van der Waals surface area contributed by atoms with Crippen molar-refractivity contribution in [2.24, 2.45) is 5.73 Å². The Balaban J connectivity index is 0.00000225. The Kier molecular flexibility index (Phi) is 6.95. The molecule has 0 radical (unpaired) electrons. The second kappa shape index (κ2) is 8.96. The predicted octanol–water partition coefficient (Wildman–Crippen LogP) is 2.18. The predicted molar refractivity (Wildman–Crippen MR) is 101 cm³/mol. The summed E-state index contributed by atoms with van der Waals surface area (Å²) in [5.41, 5.74) is 7.38. The number of para-hydroxylation sites is 1. The molecule has 134 valence electrons. The fraction of sp³-hybridized carbons (Fsp3) is 0.294. The summed E-state index contributed by atoms with van der Waals surface area (Å²) in [6.45, 7) is 2.00. The van der Waals surface area contributed by atoms with E-state index in [1.165, 1.54) is 16.2 Å². The summed E-state index contributed by atoms with van der Waals surface area (Å²) in [6, 6.07) is 8.79. The number of carbonyl (C=O) groups is 2. The van der Waals surface area contributed by atoms with Crippen LogP contribution in [-0.2, 0) is 17.8 Å². The van der Waals surface area contributed by atoms with Gasteiger partial charge in [-0.2, -0.15) is 0 Å². The highest BCUT2D eigenvalue weighted by Gasteiger charge is 2.19. The van der Waals surface area contributed by atoms with Crippen LogP contribution in [-0.4, -0.2) is 31.5 Å². The zero-order chi connectivity index (χ0) is 16.9. The van der Waals surface area contributed by atoms with Crippen LogP contribution < -0.4 is 16.4 Å². The molecule has 4 N–H and O–H groups in total. The molecule has 0 saturated heterocycles. The number of carbonyl (C=O) groups excluding carboxylic acids is 2. The molecule has 2 amide bonds. The summed E-state index contributed by atoms with van der Waals surface area (Å²) in [4.78, 5) is 26.5. The Morgan fingerprint density at radius 2 is 2.04 bits per heavy atom. The highest BCUT2D eigenvalue weighted by atomic mass is 35.5. The van der Waals surface area contributed by atoms with Crippen LogP contribution >= 0.6 is 23.7 Å². The largest absolute Gasteiger partial charge is 0.376 e. The number of hydrogen-bond acceptors (Lipinski definition) is 5. The number of benzene rings is 1. The summed E-state index contributed by atoms with van der Waals surface area (Å²) < 4.78 is 5.41. The van der Waals surface area contributed by atoms with Gasteiger partial charge in [0.25, 0.3) is 11.8 Å². The zero-order valence-electron chi connectivity index (χ0n) is 13.5. The molecule has 25 heavy (non-hydrogen) atoms. The fourth-order valence-electron chi connectivity index (χ4n) is 2.51. The highest BCUT2D eigenvalue weighted by molar-refractivity contribution is 7.14. The van der Waals surface area contributed by atoms with Crippen LogP contribution in [0.1, 0.15) is 30.5 Å². The second-order valence-electron chi connectivity index (χ2n) is 5.41. The summed E-state index contributed by atoms with van der Waals surface area (Å²) in [5, 5.41) is 5.54. The zero-order valence-corrected chi connectivity index (χ0v) is 15.2. The molecule has 0 spiro atoms. The Labute approximate surface area is 156 Å². The van der Waals surface area contributed by atoms with Crippen LogP contribution in [0.4, 0.5) is 5.69 Å². The van der Waals surface area contributed by atoms with E-state index < -0.39 is 0 Å². The van der Waals surface area contributed by atoms with E-state index in [-0.39, 0.29) is 24.2 Å². The average Bonchev–Trinajstić information content (AvgIpc) is 3.04. The lowest BCUT2D eigenvalue weighted by molar-refractivity contribution is 0.0955. The number of rotatable bonds is 5. The summed E-state index contributed by atoms with van der Waals surface area (Å²) in [5.74, 6) is -0.469. The van der Waals surface area contributed by atoms with Crippen molar-refractivity contribution in [3.63, 3.8) is 0 Å². The fourth-order valence-corrected chi connectivity index (χ4v) is 3.56. The number of nitrogens with two attached hydrogens (primary N) is 1. The lowest BCUT2D eigenvalue weighted by Gasteiger charge is -2.10. The van der Waals surface area contributed by atoms with Crippen molar-refractivity contribution in [3.8, 4) is 0 Å². The quantitative estimate of drug-likeness (QED) is 0.740. The van der Waals surface area contributed by atoms with Crippen molar-refractivity contribution < 1.29 is 14.3 Å². The van der Waals surface area contributed by atoms with Crippen molar-refractivity contribution >= 4 is 41.2 Å². The topological polar surface area (TPSA) is 93.5 Å². The summed E-state index contributed by atoms with van der Waals surface area (Å²) in [7, 11) is 0. The molecule has 8 heteroatoms. The van der Waals surface area contributed by atoms with E-state index in [2.05, 4.69) is 10.6 Å². The first-order valence-electron chi connectivity index (χ1n) is 7.77. The van der Waals surface area contributed by atoms with Gasteiger partial charge < -0.3 is 21.1 Å². The van der Waals surface area contributed by atoms with Crippen molar-refractivity contribution in [1.82, 2.24) is 5.32 Å². The first-order chi connectivity index (χ1) is 11.7. The molecule has 0 saturated carbocycles. The minimum Gasteiger partial charge on any atom is -0.376 e. The van der Waals surface area contributed by atoms with E-state index in [1.807, 2.05) is 6.07 Å². The summed E-state index contributed by atoms with van der Waals surface area (Å²) in [6.07, 6.45) is 0.839. The number of amides is 2. The average molecular weight is 382 g/mol. The first-order valence-corrected chi connectivity index (χ1v) is 8.58. The number of thiophene rings is 1. The molecule has 6 nitrogen and oxygen atoms in total. The van der Waals surface area contributed by atoms with Crippen LogP contribution in [0.2, 0.25) is 0 Å². The van der Waals surface area contributed by atoms with Crippen LogP contribution in [0.5, 0.6) is 0 Å². The highest BCUT2D eigenvalue weighted by Crippen LogP contribution is 2.28. The Morgan fingerprint density at radius 3 is 2.80 bits per heavy atom. The van der Waals surface area contributed by atoms with Gasteiger partial charge in [-0.05, 0) is 23.8 Å². The molecule has 1 aromatic carbocycles. The molecular formula is C17H20ClN3O3S. The van der Waals surface area contributed by atoms with Gasteiger partial charge in [0.1, 0.15) is 0 Å². The Bertz CT molecular complexity index is 740. The van der Waals surface area contributed by atoms with Crippen molar-refractivity contribution in [1.29, 1.82) is 0 Å². The lowest BCUT2D eigenvalue weighted by atomic mass is 10.1. The smallest absolute Gasteiger partial charge is 0.265 e. The van der Waals surface area contributed by atoms with E-state index in [4.69, 9.17) is 10.5 Å². The molecule has 0 atom stereocenters. The van der Waals surface area contributed by atoms with Crippen molar-refractivity contribution in [2.75, 3.05) is 25.0 Å². The molecular weight excluding hydrogens is 362 g/mol. The van der Waals surface area contributed by atoms with E-state index in [1.54, 1.807) is 24.3 Å². The van der Waals surface area contributed by atoms with Gasteiger partial charge in [-0.1, -0.05) is 12.1 Å². The third kappa shape index (κ3) is 4.58. The van der Waals surface area contributed by atoms with Crippen LogP contribution in [0, 0.1) is 0 Å². The molecule has 0 bridgehead atoms. The number of nitrogens with one attached hydrogen (secondary N) is 2. The van der Waals surface area contributed by atoms with Crippen molar-refractivity contribution in [2.45, 2.75) is 13.0 Å². The number of fused-ring (bicyclic) bond motifs is 1. The molecule has 1 aliphatic heterocycles. The van der Waals surface area contributed by atoms with Crippen LogP contribution in [0.15, 0.2) is 30.3 Å². The van der Waals surface area contributed by atoms with Gasteiger partial charge in [0.2, 0.25) is 0 Å². The van der Waals surface area contributed by atoms with Crippen LogP contribution in [0.3, 0.4) is 0 Å². The standard InChI is InChI=1S/C17H19N3O3S.ClH/c18-6-7-19-16(21)12-3-1-2-4-13(12)20-17(22)15-9-11-10-23-8-5-14(11)24-15;/h1-4,9H,5-8,10,18H2,(H,19,21)(H,20,22);1H. The molecule has 2 heterocycles. The van der Waals surface area contributed by atoms with Gasteiger partial charge in [0.05, 0.1) is 29.3 Å². The molecule has 0 aliphatic carbocycles. The molecule has 1 aliphatic rings. The number of anilines is 1. The number of ether oxygens (including phenoxy) is 1. The maximum absolute atomic E-state index is 12.5. The van der Waals surface area contributed by atoms with E-state index in [9.17, 15) is 9.59 Å². The minimum absolute atomic E-state index is 0. The second-order valence-corrected chi connectivity index (χ2v) is 6.54. The van der Waals surface area contributed by atoms with Gasteiger partial charge in [0, 0.05) is 24.4 Å². The number of halogens is 1. The van der Waals surface area contributed by atoms with E-state index in [0.717, 1.165) is 12.0 Å². The van der Waals surface area contributed by atoms with Crippen LogP contribution in [0.25, 0.3) is 0 Å². The van der Waals surface area contributed by atoms with Gasteiger partial charge in [-0.25, -0.2) is 0 Å². The normalized spacial score (nSPS) is 12.7. The van der Waals surface area contributed by atoms with Gasteiger partial charge in [0.15, 0.2) is 0 Å². The maximum Gasteiger partial charge on any atom is 0.265 e. The lowest BCUT2D eigenvalue weighted by Crippen LogP contribution is -2.29.